The fourth-order valence-corrected chi connectivity index (χ4v) is 4.73. The number of fused-ring (bicyclic) bond motifs is 1. The molecule has 2 aliphatic rings. The molecule has 0 saturated carbocycles. The Bertz CT molecular complexity index is 644. The number of amides is 1. The van der Waals surface area contributed by atoms with Gasteiger partial charge in [-0.25, -0.2) is 8.42 Å². The van der Waals surface area contributed by atoms with Crippen LogP contribution in [-0.4, -0.2) is 42.9 Å². The molecule has 20 heavy (non-hydrogen) atoms. The summed E-state index contributed by atoms with van der Waals surface area (Å²) in [5.74, 6) is -0.401. The molecule has 6 nitrogen and oxygen atoms in total. The second-order valence-corrected chi connectivity index (χ2v) is 7.06. The van der Waals surface area contributed by atoms with Crippen LogP contribution in [0, 0.1) is 5.92 Å². The molecule has 2 heterocycles. The summed E-state index contributed by atoms with van der Waals surface area (Å²) >= 11 is 0. The summed E-state index contributed by atoms with van der Waals surface area (Å²) < 4.78 is 26.7. The molecular weight excluding hydrogens is 280 g/mol. The van der Waals surface area contributed by atoms with E-state index in [1.165, 1.54) is 28.6 Å². The van der Waals surface area contributed by atoms with Crippen LogP contribution >= 0.6 is 0 Å². The number of nitrogens with one attached hydrogen (secondary N) is 1. The maximum atomic E-state index is 12.7. The van der Waals surface area contributed by atoms with Crippen molar-refractivity contribution in [3.8, 4) is 5.75 Å². The van der Waals surface area contributed by atoms with Crippen LogP contribution in [0.5, 0.6) is 5.75 Å². The SMILES string of the molecule is O=C1NCC2C1CCCN2S(=O)(=O)c1cccc(O)c1. The number of phenols is 1. The molecule has 2 unspecified atom stereocenters. The van der Waals surface area contributed by atoms with Crippen molar-refractivity contribution in [1.29, 1.82) is 0 Å². The molecule has 2 aliphatic heterocycles. The Morgan fingerprint density at radius 3 is 2.90 bits per heavy atom. The van der Waals surface area contributed by atoms with E-state index in [0.717, 1.165) is 6.42 Å². The number of carbonyl (C=O) groups is 1. The number of hydrogen-bond donors (Lipinski definition) is 2. The van der Waals surface area contributed by atoms with Crippen LogP contribution in [0.2, 0.25) is 0 Å². The Balaban J connectivity index is 1.97. The number of sulfonamides is 1. The van der Waals surface area contributed by atoms with Crippen molar-refractivity contribution in [1.82, 2.24) is 9.62 Å². The lowest BCUT2D eigenvalue weighted by atomic mass is 9.93. The number of phenolic OH excluding ortho intramolecular Hbond substituents is 1. The first-order valence-electron chi connectivity index (χ1n) is 6.59. The van der Waals surface area contributed by atoms with Crippen molar-refractivity contribution < 1.29 is 18.3 Å². The zero-order valence-corrected chi connectivity index (χ0v) is 11.6. The van der Waals surface area contributed by atoms with Crippen LogP contribution in [0.25, 0.3) is 0 Å². The van der Waals surface area contributed by atoms with Gasteiger partial charge in [-0.3, -0.25) is 4.79 Å². The molecule has 0 spiro atoms. The smallest absolute Gasteiger partial charge is 0.243 e. The lowest BCUT2D eigenvalue weighted by molar-refractivity contribution is -0.123. The average Bonchev–Trinajstić information content (AvgIpc) is 2.80. The molecular formula is C13H16N2O4S. The second kappa shape index (κ2) is 4.75. The van der Waals surface area contributed by atoms with E-state index in [0.29, 0.717) is 19.5 Å². The summed E-state index contributed by atoms with van der Waals surface area (Å²) in [5.41, 5.74) is 0. The van der Waals surface area contributed by atoms with E-state index in [-0.39, 0.29) is 28.5 Å². The number of aromatic hydroxyl groups is 1. The van der Waals surface area contributed by atoms with Gasteiger partial charge in [-0.15, -0.1) is 0 Å². The normalized spacial score (nSPS) is 27.1. The molecule has 1 aromatic carbocycles. The average molecular weight is 296 g/mol. The molecule has 0 aliphatic carbocycles. The summed E-state index contributed by atoms with van der Waals surface area (Å²) in [5, 5.41) is 12.2. The molecule has 2 atom stereocenters. The maximum absolute atomic E-state index is 12.7. The summed E-state index contributed by atoms with van der Waals surface area (Å²) in [4.78, 5) is 11.8. The zero-order chi connectivity index (χ0) is 14.3. The molecule has 0 aromatic heterocycles. The van der Waals surface area contributed by atoms with E-state index in [1.807, 2.05) is 0 Å². The highest BCUT2D eigenvalue weighted by atomic mass is 32.2. The number of carbonyl (C=O) groups excluding carboxylic acids is 1. The van der Waals surface area contributed by atoms with E-state index >= 15 is 0 Å². The van der Waals surface area contributed by atoms with Crippen LogP contribution in [-0.2, 0) is 14.8 Å². The third-order valence-electron chi connectivity index (χ3n) is 3.97. The minimum Gasteiger partial charge on any atom is -0.508 e. The molecule has 0 bridgehead atoms. The van der Waals surface area contributed by atoms with Crippen molar-refractivity contribution in [2.24, 2.45) is 5.92 Å². The van der Waals surface area contributed by atoms with Gasteiger partial charge in [0.2, 0.25) is 15.9 Å². The third kappa shape index (κ3) is 2.06. The molecule has 0 radical (unpaired) electrons. The summed E-state index contributed by atoms with van der Waals surface area (Å²) in [7, 11) is -3.68. The van der Waals surface area contributed by atoms with E-state index in [9.17, 15) is 18.3 Å². The fraction of sp³-hybridized carbons (Fsp3) is 0.462. The molecule has 2 saturated heterocycles. The van der Waals surface area contributed by atoms with Gasteiger partial charge in [0.1, 0.15) is 5.75 Å². The van der Waals surface area contributed by atoms with Gasteiger partial charge < -0.3 is 10.4 Å². The van der Waals surface area contributed by atoms with E-state index < -0.39 is 10.0 Å². The second-order valence-electron chi connectivity index (χ2n) is 5.17. The largest absolute Gasteiger partial charge is 0.508 e. The van der Waals surface area contributed by atoms with Gasteiger partial charge in [-0.05, 0) is 31.0 Å². The summed E-state index contributed by atoms with van der Waals surface area (Å²) in [6, 6.07) is 5.32. The maximum Gasteiger partial charge on any atom is 0.243 e. The Kier molecular flexibility index (Phi) is 3.18. The van der Waals surface area contributed by atoms with E-state index in [1.54, 1.807) is 0 Å². The predicted octanol–water partition coefficient (Wildman–Crippen LogP) is 0.291. The first-order chi connectivity index (χ1) is 9.50. The van der Waals surface area contributed by atoms with E-state index in [4.69, 9.17) is 0 Å². The monoisotopic (exact) mass is 296 g/mol. The molecule has 1 amide bonds. The van der Waals surface area contributed by atoms with Crippen LogP contribution in [0.4, 0.5) is 0 Å². The van der Waals surface area contributed by atoms with Gasteiger partial charge in [-0.2, -0.15) is 4.31 Å². The lowest BCUT2D eigenvalue weighted by Gasteiger charge is -2.34. The van der Waals surface area contributed by atoms with Crippen LogP contribution in [0.15, 0.2) is 29.2 Å². The molecule has 7 heteroatoms. The Labute approximate surface area is 117 Å². The van der Waals surface area contributed by atoms with Crippen LogP contribution in [0.3, 0.4) is 0 Å². The minimum atomic E-state index is -3.68. The highest BCUT2D eigenvalue weighted by Gasteiger charge is 2.45. The van der Waals surface area contributed by atoms with Crippen molar-refractivity contribution in [3.63, 3.8) is 0 Å². The van der Waals surface area contributed by atoms with Gasteiger partial charge in [0.25, 0.3) is 0 Å². The molecule has 3 rings (SSSR count). The lowest BCUT2D eigenvalue weighted by Crippen LogP contribution is -2.48. The molecule has 2 N–H and O–H groups in total. The summed E-state index contributed by atoms with van der Waals surface area (Å²) in [6.07, 6.45) is 1.40. The Morgan fingerprint density at radius 2 is 2.15 bits per heavy atom. The highest BCUT2D eigenvalue weighted by molar-refractivity contribution is 7.89. The number of nitrogens with zero attached hydrogens (tertiary/aromatic N) is 1. The van der Waals surface area contributed by atoms with Gasteiger partial charge in [-0.1, -0.05) is 6.07 Å². The highest BCUT2D eigenvalue weighted by Crippen LogP contribution is 2.32. The zero-order valence-electron chi connectivity index (χ0n) is 10.8. The summed E-state index contributed by atoms with van der Waals surface area (Å²) in [6.45, 7) is 0.773. The standard InChI is InChI=1S/C13H16N2O4S/c16-9-3-1-4-10(7-9)20(18,19)15-6-2-5-11-12(15)8-14-13(11)17/h1,3-4,7,11-12,16H,2,5-6,8H2,(H,14,17). The number of piperidine rings is 1. The van der Waals surface area contributed by atoms with Crippen molar-refractivity contribution in [2.75, 3.05) is 13.1 Å². The first kappa shape index (κ1) is 13.4. The topological polar surface area (TPSA) is 86.7 Å². The van der Waals surface area contributed by atoms with Gasteiger partial charge in [0, 0.05) is 13.1 Å². The van der Waals surface area contributed by atoms with Crippen LogP contribution in [0.1, 0.15) is 12.8 Å². The van der Waals surface area contributed by atoms with Crippen molar-refractivity contribution >= 4 is 15.9 Å². The first-order valence-corrected chi connectivity index (χ1v) is 8.03. The van der Waals surface area contributed by atoms with E-state index in [2.05, 4.69) is 5.32 Å². The molecule has 108 valence electrons. The minimum absolute atomic E-state index is 0.0641. The predicted molar refractivity (Wildman–Crippen MR) is 71.5 cm³/mol. The van der Waals surface area contributed by atoms with Gasteiger partial charge in [0.05, 0.1) is 16.9 Å². The quantitative estimate of drug-likeness (QED) is 0.821. The number of benzene rings is 1. The Hall–Kier alpha value is -1.60. The van der Waals surface area contributed by atoms with Crippen molar-refractivity contribution in [2.45, 2.75) is 23.8 Å². The Morgan fingerprint density at radius 1 is 1.35 bits per heavy atom. The van der Waals surface area contributed by atoms with Crippen LogP contribution < -0.4 is 5.32 Å². The van der Waals surface area contributed by atoms with Gasteiger partial charge >= 0.3 is 0 Å². The fourth-order valence-electron chi connectivity index (χ4n) is 2.99. The van der Waals surface area contributed by atoms with Crippen molar-refractivity contribution in [3.05, 3.63) is 24.3 Å². The molecule has 2 fully saturated rings. The molecule has 1 aromatic rings. The third-order valence-corrected chi connectivity index (χ3v) is 5.89. The number of hydrogen-bond acceptors (Lipinski definition) is 4. The number of rotatable bonds is 2. The van der Waals surface area contributed by atoms with Gasteiger partial charge in [0.15, 0.2) is 0 Å².